The third-order valence-corrected chi connectivity index (χ3v) is 14.9. The predicted molar refractivity (Wildman–Crippen MR) is 152 cm³/mol. The molecular weight excluding hydrogens is 490 g/mol. The van der Waals surface area contributed by atoms with Gasteiger partial charge in [0, 0.05) is 36.4 Å². The molecule has 0 radical (unpaired) electrons. The minimum absolute atomic E-state index is 0.0175. The summed E-state index contributed by atoms with van der Waals surface area (Å²) in [6, 6.07) is 7.99. The van der Waals surface area contributed by atoms with E-state index >= 15 is 0 Å². The van der Waals surface area contributed by atoms with E-state index in [0.29, 0.717) is 25.7 Å². The quantitative estimate of drug-likeness (QED) is 0.448. The summed E-state index contributed by atoms with van der Waals surface area (Å²) < 4.78 is 33.4. The zero-order chi connectivity index (χ0) is 26.9. The second-order valence-electron chi connectivity index (χ2n) is 13.1. The number of anilines is 2. The van der Waals surface area contributed by atoms with E-state index in [0.717, 1.165) is 30.9 Å². The van der Waals surface area contributed by atoms with Crippen molar-refractivity contribution < 1.29 is 17.6 Å². The number of carbonyl (C=O) groups is 1. The molecule has 0 bridgehead atoms. The summed E-state index contributed by atoms with van der Waals surface area (Å²) in [4.78, 5) is 15.2. The van der Waals surface area contributed by atoms with Crippen molar-refractivity contribution >= 4 is 35.6 Å². The van der Waals surface area contributed by atoms with Gasteiger partial charge in [-0.3, -0.25) is 4.79 Å². The number of hydrogen-bond donors (Lipinski definition) is 2. The van der Waals surface area contributed by atoms with Gasteiger partial charge in [-0.1, -0.05) is 20.8 Å². The van der Waals surface area contributed by atoms with E-state index in [1.807, 2.05) is 12.1 Å². The van der Waals surface area contributed by atoms with Crippen LogP contribution in [0.1, 0.15) is 73.6 Å². The molecule has 1 amide bonds. The van der Waals surface area contributed by atoms with Gasteiger partial charge in [-0.25, -0.2) is 13.1 Å². The third kappa shape index (κ3) is 7.11. The Labute approximate surface area is 219 Å². The van der Waals surface area contributed by atoms with Gasteiger partial charge >= 0.3 is 0 Å². The molecular formula is C27H47N3O4SSi. The van der Waals surface area contributed by atoms with Crippen molar-refractivity contribution in [2.75, 3.05) is 23.3 Å². The van der Waals surface area contributed by atoms with Gasteiger partial charge in [0.25, 0.3) is 0 Å². The van der Waals surface area contributed by atoms with E-state index < -0.39 is 23.1 Å². The van der Waals surface area contributed by atoms with Crippen LogP contribution in [0.3, 0.4) is 0 Å². The Hall–Kier alpha value is -1.42. The molecule has 2 N–H and O–H groups in total. The van der Waals surface area contributed by atoms with Gasteiger partial charge in [-0.15, -0.1) is 0 Å². The van der Waals surface area contributed by atoms with Crippen LogP contribution >= 0.6 is 0 Å². The summed E-state index contributed by atoms with van der Waals surface area (Å²) in [5, 5.41) is 3.27. The van der Waals surface area contributed by atoms with Crippen molar-refractivity contribution in [3.8, 4) is 0 Å². The van der Waals surface area contributed by atoms with Crippen LogP contribution in [0, 0.1) is 5.92 Å². The lowest BCUT2D eigenvalue weighted by Crippen LogP contribution is -2.46. The number of amides is 1. The van der Waals surface area contributed by atoms with Crippen molar-refractivity contribution in [2.24, 2.45) is 5.92 Å². The lowest BCUT2D eigenvalue weighted by Gasteiger charge is -2.38. The van der Waals surface area contributed by atoms with Gasteiger partial charge < -0.3 is 14.6 Å². The molecule has 1 saturated heterocycles. The number of nitrogens with zero attached hydrogens (tertiary/aromatic N) is 1. The average Bonchev–Trinajstić information content (AvgIpc) is 3.20. The van der Waals surface area contributed by atoms with Crippen LogP contribution < -0.4 is 14.9 Å². The average molecular weight is 538 g/mol. The Morgan fingerprint density at radius 2 is 1.56 bits per heavy atom. The van der Waals surface area contributed by atoms with E-state index in [1.165, 1.54) is 0 Å². The Kier molecular flexibility index (Phi) is 8.70. The molecule has 1 aromatic carbocycles. The Bertz CT molecular complexity index is 1000. The number of rotatable bonds is 7. The van der Waals surface area contributed by atoms with Crippen LogP contribution in [0.25, 0.3) is 0 Å². The lowest BCUT2D eigenvalue weighted by molar-refractivity contribution is -0.120. The normalized spacial score (nSPS) is 24.1. The third-order valence-electron chi connectivity index (χ3n) is 8.14. The van der Waals surface area contributed by atoms with E-state index in [2.05, 4.69) is 60.9 Å². The summed E-state index contributed by atoms with van der Waals surface area (Å²) in [5.41, 5.74) is 1.95. The van der Waals surface area contributed by atoms with Crippen molar-refractivity contribution in [3.05, 3.63) is 24.3 Å². The number of nitrogens with one attached hydrogen (secondary N) is 2. The molecule has 2 fully saturated rings. The maximum absolute atomic E-state index is 12.8. The van der Waals surface area contributed by atoms with E-state index in [1.54, 1.807) is 20.8 Å². The van der Waals surface area contributed by atoms with Gasteiger partial charge in [0.05, 0.1) is 10.9 Å². The van der Waals surface area contributed by atoms with E-state index in [4.69, 9.17) is 4.43 Å². The van der Waals surface area contributed by atoms with E-state index in [9.17, 15) is 13.2 Å². The highest BCUT2D eigenvalue weighted by molar-refractivity contribution is 7.90. The fourth-order valence-electron chi connectivity index (χ4n) is 4.52. The first kappa shape index (κ1) is 29.1. The van der Waals surface area contributed by atoms with Crippen LogP contribution in [0.5, 0.6) is 0 Å². The summed E-state index contributed by atoms with van der Waals surface area (Å²) in [5.74, 6) is -0.0734. The highest BCUT2D eigenvalue weighted by atomic mass is 32.2. The lowest BCUT2D eigenvalue weighted by atomic mass is 9.86. The SMILES string of the molecule is CC(C)(C)[Si](C)(C)OC1CCN(c2ccc(NC(=O)[C@H]3CC[C@H](NS(=O)(=O)C(C)(C)C)CC3)cc2)C1. The highest BCUT2D eigenvalue weighted by Gasteiger charge is 2.40. The number of carbonyl (C=O) groups excluding carboxylic acids is 1. The maximum atomic E-state index is 12.8. The number of hydrogen-bond acceptors (Lipinski definition) is 5. The van der Waals surface area contributed by atoms with Crippen LogP contribution in [0.2, 0.25) is 18.1 Å². The van der Waals surface area contributed by atoms with Crippen molar-refractivity contribution in [1.29, 1.82) is 0 Å². The Morgan fingerprint density at radius 3 is 2.08 bits per heavy atom. The molecule has 1 atom stereocenters. The first-order chi connectivity index (χ1) is 16.5. The molecule has 9 heteroatoms. The number of sulfonamides is 1. The molecule has 0 aromatic heterocycles. The first-order valence-electron chi connectivity index (χ1n) is 13.3. The summed E-state index contributed by atoms with van der Waals surface area (Å²) in [6.07, 6.45) is 4.04. The molecule has 2 aliphatic rings. The van der Waals surface area contributed by atoms with Gasteiger partial charge in [-0.2, -0.15) is 0 Å². The summed E-state index contributed by atoms with van der Waals surface area (Å²) >= 11 is 0. The Balaban J connectivity index is 1.48. The van der Waals surface area contributed by atoms with Crippen molar-refractivity contribution in [2.45, 2.75) is 109 Å². The highest BCUT2D eigenvalue weighted by Crippen LogP contribution is 2.38. The fraction of sp³-hybridized carbons (Fsp3) is 0.741. The standard InChI is InChI=1S/C27H47N3O4SSi/c1-26(2,3)35(32,33)29-22-11-9-20(10-12-22)25(31)28-21-13-15-23(16-14-21)30-18-17-24(19-30)34-36(7,8)27(4,5)6/h13-16,20,22,24,29H,9-12,17-19H2,1-8H3,(H,28,31)/t20-,22-,24?. The van der Waals surface area contributed by atoms with Crippen LogP contribution in [-0.2, 0) is 19.2 Å². The topological polar surface area (TPSA) is 87.7 Å². The molecule has 1 aliphatic carbocycles. The molecule has 3 rings (SSSR count). The molecule has 1 saturated carbocycles. The predicted octanol–water partition coefficient (Wildman–Crippen LogP) is 5.50. The monoisotopic (exact) mass is 537 g/mol. The smallest absolute Gasteiger partial charge is 0.227 e. The van der Waals surface area contributed by atoms with Gasteiger partial charge in [0.15, 0.2) is 8.32 Å². The molecule has 1 unspecified atom stereocenters. The van der Waals surface area contributed by atoms with Gasteiger partial charge in [0.1, 0.15) is 0 Å². The summed E-state index contributed by atoms with van der Waals surface area (Å²) in [6.45, 7) is 18.4. The van der Waals surface area contributed by atoms with Crippen molar-refractivity contribution in [3.63, 3.8) is 0 Å². The molecule has 0 spiro atoms. The minimum Gasteiger partial charge on any atom is -0.412 e. The summed E-state index contributed by atoms with van der Waals surface area (Å²) in [7, 11) is -5.15. The zero-order valence-electron chi connectivity index (χ0n) is 23.5. The maximum Gasteiger partial charge on any atom is 0.227 e. The van der Waals surface area contributed by atoms with Crippen LogP contribution in [0.15, 0.2) is 24.3 Å². The largest absolute Gasteiger partial charge is 0.412 e. The zero-order valence-corrected chi connectivity index (χ0v) is 25.3. The fourth-order valence-corrected chi connectivity index (χ4v) is 6.93. The first-order valence-corrected chi connectivity index (χ1v) is 17.7. The van der Waals surface area contributed by atoms with Crippen LogP contribution in [0.4, 0.5) is 11.4 Å². The van der Waals surface area contributed by atoms with Gasteiger partial charge in [-0.05, 0) is 95.3 Å². The molecule has 1 heterocycles. The second kappa shape index (κ2) is 10.7. The molecule has 1 aromatic rings. The minimum atomic E-state index is -3.37. The van der Waals surface area contributed by atoms with Gasteiger partial charge in [0.2, 0.25) is 15.9 Å². The number of benzene rings is 1. The molecule has 1 aliphatic heterocycles. The molecule has 204 valence electrons. The van der Waals surface area contributed by atoms with E-state index in [-0.39, 0.29) is 29.0 Å². The molecule has 36 heavy (non-hydrogen) atoms. The van der Waals surface area contributed by atoms with Crippen LogP contribution in [-0.4, -0.2) is 52.6 Å². The second-order valence-corrected chi connectivity index (χ2v) is 20.3. The van der Waals surface area contributed by atoms with Crippen molar-refractivity contribution in [1.82, 2.24) is 4.72 Å². The Morgan fingerprint density at radius 1 is 0.972 bits per heavy atom. The molecule has 7 nitrogen and oxygen atoms in total.